The highest BCUT2D eigenvalue weighted by atomic mass is 16.5. The second-order valence-corrected chi connectivity index (χ2v) is 6.42. The minimum absolute atomic E-state index is 0.00887. The molecule has 1 heterocycles. The third-order valence-corrected chi connectivity index (χ3v) is 4.92. The van der Waals surface area contributed by atoms with E-state index in [2.05, 4.69) is 5.32 Å². The van der Waals surface area contributed by atoms with Crippen molar-refractivity contribution in [1.82, 2.24) is 9.88 Å². The molecule has 1 N–H and O–H groups in total. The van der Waals surface area contributed by atoms with Gasteiger partial charge in [-0.1, -0.05) is 24.3 Å². The van der Waals surface area contributed by atoms with E-state index < -0.39 is 5.76 Å². The molecule has 0 radical (unpaired) electrons. The zero-order valence-electron chi connectivity index (χ0n) is 14.5. The zero-order valence-corrected chi connectivity index (χ0v) is 14.5. The fraction of sp³-hybridized carbons (Fsp3) is 0.300. The Morgan fingerprint density at radius 2 is 2.12 bits per heavy atom. The first-order chi connectivity index (χ1) is 12.7. The van der Waals surface area contributed by atoms with E-state index in [1.54, 1.807) is 13.2 Å². The van der Waals surface area contributed by atoms with Crippen LogP contribution >= 0.6 is 0 Å². The van der Waals surface area contributed by atoms with Crippen molar-refractivity contribution in [2.45, 2.75) is 31.8 Å². The third kappa shape index (κ3) is 2.87. The molecule has 0 saturated carbocycles. The molecular formula is C20H20N2O4. The molecule has 1 aliphatic carbocycles. The molecule has 1 atom stereocenters. The number of hydrogen-bond donors (Lipinski definition) is 1. The first-order valence-corrected chi connectivity index (χ1v) is 8.71. The van der Waals surface area contributed by atoms with Crippen LogP contribution in [0.5, 0.6) is 5.75 Å². The molecule has 3 aromatic rings. The van der Waals surface area contributed by atoms with E-state index in [9.17, 15) is 9.59 Å². The fourth-order valence-electron chi connectivity index (χ4n) is 3.67. The standard InChI is InChI=1S/C20H20N2O4/c1-25-17-8-4-5-13-14(17)9-10-15(13)21-19(23)11-12-22-16-6-2-3-7-18(16)26-20(22)24/h2-8,15H,9-12H2,1H3,(H,21,23). The second-order valence-electron chi connectivity index (χ2n) is 6.42. The number of fused-ring (bicyclic) bond motifs is 2. The number of para-hydroxylation sites is 2. The molecule has 6 nitrogen and oxygen atoms in total. The van der Waals surface area contributed by atoms with Gasteiger partial charge in [0.05, 0.1) is 18.7 Å². The van der Waals surface area contributed by atoms with Crippen molar-refractivity contribution in [3.63, 3.8) is 0 Å². The van der Waals surface area contributed by atoms with Crippen LogP contribution in [-0.4, -0.2) is 17.6 Å². The number of rotatable bonds is 5. The molecule has 6 heteroatoms. The van der Waals surface area contributed by atoms with Crippen LogP contribution in [0.2, 0.25) is 0 Å². The van der Waals surface area contributed by atoms with Gasteiger partial charge in [-0.3, -0.25) is 9.36 Å². The van der Waals surface area contributed by atoms with Crippen molar-refractivity contribution in [1.29, 1.82) is 0 Å². The molecule has 4 rings (SSSR count). The number of carbonyl (C=O) groups is 1. The topological polar surface area (TPSA) is 73.5 Å². The maximum atomic E-state index is 12.4. The molecule has 0 saturated heterocycles. The number of carbonyl (C=O) groups excluding carboxylic acids is 1. The van der Waals surface area contributed by atoms with E-state index >= 15 is 0 Å². The number of hydrogen-bond acceptors (Lipinski definition) is 4. The van der Waals surface area contributed by atoms with Crippen molar-refractivity contribution < 1.29 is 13.9 Å². The van der Waals surface area contributed by atoms with E-state index in [1.165, 1.54) is 4.57 Å². The molecule has 1 amide bonds. The Balaban J connectivity index is 1.44. The summed E-state index contributed by atoms with van der Waals surface area (Å²) >= 11 is 0. The molecule has 0 fully saturated rings. The number of nitrogens with one attached hydrogen (secondary N) is 1. The van der Waals surface area contributed by atoms with Crippen LogP contribution in [0.15, 0.2) is 51.7 Å². The number of benzene rings is 2. The molecule has 0 spiro atoms. The minimum atomic E-state index is -0.435. The summed E-state index contributed by atoms with van der Waals surface area (Å²) in [7, 11) is 1.66. The molecular weight excluding hydrogens is 332 g/mol. The summed E-state index contributed by atoms with van der Waals surface area (Å²) in [6.45, 7) is 0.291. The van der Waals surface area contributed by atoms with Crippen LogP contribution in [-0.2, 0) is 17.8 Å². The number of amides is 1. The number of oxazole rings is 1. The highest BCUT2D eigenvalue weighted by molar-refractivity contribution is 5.77. The Morgan fingerprint density at radius 1 is 1.27 bits per heavy atom. The van der Waals surface area contributed by atoms with Crippen LogP contribution in [0.4, 0.5) is 0 Å². The summed E-state index contributed by atoms with van der Waals surface area (Å²) in [6.07, 6.45) is 1.96. The molecule has 0 aliphatic heterocycles. The molecule has 1 aliphatic rings. The van der Waals surface area contributed by atoms with Crippen molar-refractivity contribution in [3.05, 3.63) is 64.1 Å². The first kappa shape index (κ1) is 16.4. The highest BCUT2D eigenvalue weighted by Crippen LogP contribution is 2.36. The Kier molecular flexibility index (Phi) is 4.24. The molecule has 2 aromatic carbocycles. The van der Waals surface area contributed by atoms with E-state index in [-0.39, 0.29) is 18.4 Å². The first-order valence-electron chi connectivity index (χ1n) is 8.71. The Morgan fingerprint density at radius 3 is 2.96 bits per heavy atom. The van der Waals surface area contributed by atoms with E-state index in [1.807, 2.05) is 36.4 Å². The lowest BCUT2D eigenvalue weighted by Crippen LogP contribution is -2.29. The number of methoxy groups -OCH3 is 1. The summed E-state index contributed by atoms with van der Waals surface area (Å²) in [5.74, 6) is 0.355. The van der Waals surface area contributed by atoms with Gasteiger partial charge in [0.25, 0.3) is 0 Å². The van der Waals surface area contributed by atoms with Gasteiger partial charge in [-0.2, -0.15) is 0 Å². The largest absolute Gasteiger partial charge is 0.496 e. The van der Waals surface area contributed by atoms with Gasteiger partial charge >= 0.3 is 5.76 Å². The fourth-order valence-corrected chi connectivity index (χ4v) is 3.67. The summed E-state index contributed by atoms with van der Waals surface area (Å²) in [5, 5.41) is 3.08. The predicted octanol–water partition coefficient (Wildman–Crippen LogP) is 2.80. The SMILES string of the molecule is COc1cccc2c1CCC2NC(=O)CCn1c(=O)oc2ccccc21. The normalized spacial score (nSPS) is 15.8. The monoisotopic (exact) mass is 352 g/mol. The molecule has 0 bridgehead atoms. The Hall–Kier alpha value is -3.02. The van der Waals surface area contributed by atoms with Crippen molar-refractivity contribution in [3.8, 4) is 5.75 Å². The lowest BCUT2D eigenvalue weighted by atomic mass is 10.1. The van der Waals surface area contributed by atoms with Crippen molar-refractivity contribution >= 4 is 17.0 Å². The van der Waals surface area contributed by atoms with E-state index in [4.69, 9.17) is 9.15 Å². The summed E-state index contributed by atoms with van der Waals surface area (Å²) < 4.78 is 12.1. The van der Waals surface area contributed by atoms with Gasteiger partial charge in [0.15, 0.2) is 5.58 Å². The Labute approximate surface area is 150 Å². The number of aryl methyl sites for hydroxylation is 1. The summed E-state index contributed by atoms with van der Waals surface area (Å²) in [5.41, 5.74) is 3.52. The quantitative estimate of drug-likeness (QED) is 0.766. The maximum absolute atomic E-state index is 12.4. The Bertz CT molecular complexity index is 1020. The maximum Gasteiger partial charge on any atom is 0.419 e. The number of nitrogens with zero attached hydrogens (tertiary/aromatic N) is 1. The van der Waals surface area contributed by atoms with Crippen LogP contribution in [0.3, 0.4) is 0 Å². The van der Waals surface area contributed by atoms with Gasteiger partial charge in [0.2, 0.25) is 5.91 Å². The average Bonchev–Trinajstić information content (AvgIpc) is 3.20. The highest BCUT2D eigenvalue weighted by Gasteiger charge is 2.26. The average molecular weight is 352 g/mol. The molecule has 26 heavy (non-hydrogen) atoms. The zero-order chi connectivity index (χ0) is 18.1. The van der Waals surface area contributed by atoms with Gasteiger partial charge in [0.1, 0.15) is 5.75 Å². The lowest BCUT2D eigenvalue weighted by Gasteiger charge is -2.15. The van der Waals surface area contributed by atoms with Gasteiger partial charge in [0, 0.05) is 13.0 Å². The van der Waals surface area contributed by atoms with Crippen LogP contribution < -0.4 is 15.8 Å². The van der Waals surface area contributed by atoms with Crippen LogP contribution in [0.1, 0.15) is 30.0 Å². The third-order valence-electron chi connectivity index (χ3n) is 4.92. The molecule has 134 valence electrons. The van der Waals surface area contributed by atoms with E-state index in [0.29, 0.717) is 17.6 Å². The molecule has 1 aromatic heterocycles. The second kappa shape index (κ2) is 6.71. The van der Waals surface area contributed by atoms with Gasteiger partial charge < -0.3 is 14.5 Å². The van der Waals surface area contributed by atoms with Gasteiger partial charge in [-0.15, -0.1) is 0 Å². The van der Waals surface area contributed by atoms with Crippen molar-refractivity contribution in [2.75, 3.05) is 7.11 Å². The molecule has 1 unspecified atom stereocenters. The summed E-state index contributed by atoms with van der Waals surface area (Å²) in [4.78, 5) is 24.4. The number of aromatic nitrogens is 1. The van der Waals surface area contributed by atoms with Crippen LogP contribution in [0, 0.1) is 0 Å². The lowest BCUT2D eigenvalue weighted by molar-refractivity contribution is -0.122. The smallest absolute Gasteiger partial charge is 0.419 e. The predicted molar refractivity (Wildman–Crippen MR) is 97.3 cm³/mol. The summed E-state index contributed by atoms with van der Waals surface area (Å²) in [6, 6.07) is 13.1. The van der Waals surface area contributed by atoms with Crippen molar-refractivity contribution in [2.24, 2.45) is 0 Å². The van der Waals surface area contributed by atoms with Gasteiger partial charge in [-0.05, 0) is 42.2 Å². The van der Waals surface area contributed by atoms with Gasteiger partial charge in [-0.25, -0.2) is 4.79 Å². The number of ether oxygens (including phenoxy) is 1. The minimum Gasteiger partial charge on any atom is -0.496 e. The van der Waals surface area contributed by atoms with Crippen LogP contribution in [0.25, 0.3) is 11.1 Å². The van der Waals surface area contributed by atoms with E-state index in [0.717, 1.165) is 29.7 Å².